The van der Waals surface area contributed by atoms with Gasteiger partial charge in [-0.05, 0) is 108 Å². The van der Waals surface area contributed by atoms with E-state index in [1.165, 1.54) is 24.0 Å². The molecular formula is C34H43N7O3. The van der Waals surface area contributed by atoms with Crippen molar-refractivity contribution in [2.45, 2.75) is 82.9 Å². The van der Waals surface area contributed by atoms with Gasteiger partial charge in [0.1, 0.15) is 24.1 Å². The first-order chi connectivity index (χ1) is 21.0. The third-order valence-electron chi connectivity index (χ3n) is 10.1. The number of carbonyl (C=O) groups is 1. The zero-order valence-corrected chi connectivity index (χ0v) is 26.6. The molecule has 0 spiro atoms. The van der Waals surface area contributed by atoms with Crippen molar-refractivity contribution in [3.63, 3.8) is 0 Å². The summed E-state index contributed by atoms with van der Waals surface area (Å²) in [6.45, 7) is 13.9. The highest BCUT2D eigenvalue weighted by Crippen LogP contribution is 2.53. The van der Waals surface area contributed by atoms with Crippen molar-refractivity contribution < 1.29 is 14.3 Å². The van der Waals surface area contributed by atoms with Gasteiger partial charge in [-0.1, -0.05) is 19.1 Å². The van der Waals surface area contributed by atoms with Gasteiger partial charge in [-0.25, -0.2) is 14.8 Å². The number of fused-ring (bicyclic) bond motifs is 3. The van der Waals surface area contributed by atoms with E-state index in [-0.39, 0.29) is 29.2 Å². The topological polar surface area (TPSA) is 96.0 Å². The van der Waals surface area contributed by atoms with Crippen LogP contribution in [0.5, 0.6) is 0 Å². The van der Waals surface area contributed by atoms with Crippen molar-refractivity contribution in [3.05, 3.63) is 59.3 Å². The van der Waals surface area contributed by atoms with E-state index in [2.05, 4.69) is 68.1 Å². The number of likely N-dealkylation sites (tertiary alicyclic amines) is 1. The molecule has 0 radical (unpaired) electrons. The smallest absolute Gasteiger partial charge is 0.415 e. The lowest BCUT2D eigenvalue weighted by Gasteiger charge is -2.46. The van der Waals surface area contributed by atoms with E-state index >= 15 is 0 Å². The number of nitrogens with zero attached hydrogens (tertiary/aromatic N) is 6. The molecule has 1 amide bonds. The first-order valence-electron chi connectivity index (χ1n) is 15.8. The monoisotopic (exact) mass is 597 g/mol. The predicted octanol–water partition coefficient (Wildman–Crippen LogP) is 6.05. The number of carbonyl (C=O) groups excluding carboxylic acids is 1. The van der Waals surface area contributed by atoms with Crippen LogP contribution in [0.15, 0.2) is 42.6 Å². The number of hydrogen-bond donors (Lipinski definition) is 1. The average molecular weight is 598 g/mol. The van der Waals surface area contributed by atoms with Crippen LogP contribution in [0.4, 0.5) is 33.9 Å². The highest BCUT2D eigenvalue weighted by molar-refractivity contribution is 5.89. The third kappa shape index (κ3) is 4.98. The Morgan fingerprint density at radius 3 is 2.48 bits per heavy atom. The lowest BCUT2D eigenvalue weighted by molar-refractivity contribution is -0.0893. The molecule has 3 saturated heterocycles. The summed E-state index contributed by atoms with van der Waals surface area (Å²) in [7, 11) is 2.20. The van der Waals surface area contributed by atoms with E-state index in [0.717, 1.165) is 42.4 Å². The molecule has 0 bridgehead atoms. The normalized spacial score (nSPS) is 26.8. The molecule has 7 rings (SSSR count). The van der Waals surface area contributed by atoms with Crippen molar-refractivity contribution in [1.29, 1.82) is 0 Å². The van der Waals surface area contributed by atoms with Gasteiger partial charge in [0, 0.05) is 22.9 Å². The maximum Gasteiger partial charge on any atom is 0.415 e. The average Bonchev–Trinajstić information content (AvgIpc) is 3.45. The van der Waals surface area contributed by atoms with Crippen LogP contribution >= 0.6 is 0 Å². The Balaban J connectivity index is 1.23. The van der Waals surface area contributed by atoms with Crippen LogP contribution in [0, 0.1) is 6.92 Å². The van der Waals surface area contributed by atoms with Gasteiger partial charge in [0.15, 0.2) is 0 Å². The van der Waals surface area contributed by atoms with Crippen LogP contribution in [0.25, 0.3) is 0 Å². The summed E-state index contributed by atoms with van der Waals surface area (Å²) in [6.07, 6.45) is 4.76. The highest BCUT2D eigenvalue weighted by atomic mass is 16.6. The number of hydrogen-bond acceptors (Lipinski definition) is 9. The Kier molecular flexibility index (Phi) is 7.05. The van der Waals surface area contributed by atoms with Crippen LogP contribution < -0.4 is 15.1 Å². The predicted molar refractivity (Wildman–Crippen MR) is 171 cm³/mol. The van der Waals surface area contributed by atoms with Gasteiger partial charge in [-0.3, -0.25) is 4.90 Å². The molecule has 3 atom stereocenters. The number of cyclic esters (lactones) is 1. The molecule has 6 heterocycles. The van der Waals surface area contributed by atoms with E-state index in [9.17, 15) is 4.79 Å². The first kappa shape index (κ1) is 29.0. The number of ether oxygens (including phenoxy) is 2. The number of anilines is 5. The largest absolute Gasteiger partial charge is 0.447 e. The molecule has 10 nitrogen and oxygen atoms in total. The molecule has 0 unspecified atom stereocenters. The van der Waals surface area contributed by atoms with Crippen molar-refractivity contribution in [3.8, 4) is 0 Å². The third-order valence-corrected chi connectivity index (χ3v) is 10.1. The Hall–Kier alpha value is -3.76. The first-order valence-corrected chi connectivity index (χ1v) is 15.8. The van der Waals surface area contributed by atoms with E-state index < -0.39 is 0 Å². The van der Waals surface area contributed by atoms with E-state index in [1.807, 2.05) is 31.3 Å². The molecule has 10 heteroatoms. The summed E-state index contributed by atoms with van der Waals surface area (Å²) in [5.74, 6) is 3.28. The summed E-state index contributed by atoms with van der Waals surface area (Å²) in [6, 6.07) is 12.4. The van der Waals surface area contributed by atoms with Crippen molar-refractivity contribution in [2.75, 3.05) is 48.5 Å². The number of nitrogens with one attached hydrogen (secondary N) is 1. The summed E-state index contributed by atoms with van der Waals surface area (Å²) < 4.78 is 11.7. The lowest BCUT2D eigenvalue weighted by atomic mass is 9.73. The van der Waals surface area contributed by atoms with Gasteiger partial charge in [0.25, 0.3) is 0 Å². The minimum absolute atomic E-state index is 0.0487. The molecule has 1 aromatic carbocycles. The molecule has 0 aliphatic carbocycles. The molecule has 1 N–H and O–H groups in total. The van der Waals surface area contributed by atoms with Crippen molar-refractivity contribution in [1.82, 2.24) is 19.9 Å². The van der Waals surface area contributed by atoms with Gasteiger partial charge in [-0.2, -0.15) is 4.98 Å². The number of rotatable bonds is 5. The molecule has 3 fully saturated rings. The highest BCUT2D eigenvalue weighted by Gasteiger charge is 2.55. The standard InChI is InChI=1S/C34H43N7O3/c1-21-16-24(10-11-25(21)23-12-14-39(6)15-13-23)36-31-35-18-26-30(38-31)41(27-17-33(3,4)44-20-34(26,27)5)29-9-7-8-28(37-29)40-22(2)19-43-32(40)42/h7-11,16,18,22-23,27H,12-15,17,19-20H2,1-6H3,(H,35,36,38)/t22-,27-,34-/m0/s1. The number of piperidine rings is 1. The van der Waals surface area contributed by atoms with Crippen molar-refractivity contribution in [2.24, 2.45) is 0 Å². The van der Waals surface area contributed by atoms with Crippen LogP contribution in [0.2, 0.25) is 0 Å². The van der Waals surface area contributed by atoms with Gasteiger partial charge in [0.2, 0.25) is 5.95 Å². The number of benzene rings is 1. The second kappa shape index (κ2) is 10.7. The number of pyridine rings is 1. The molecular weight excluding hydrogens is 554 g/mol. The fourth-order valence-corrected chi connectivity index (χ4v) is 7.44. The Bertz CT molecular complexity index is 1590. The zero-order valence-electron chi connectivity index (χ0n) is 26.6. The Morgan fingerprint density at radius 2 is 1.77 bits per heavy atom. The number of amides is 1. The second-order valence-corrected chi connectivity index (χ2v) is 13.9. The van der Waals surface area contributed by atoms with Gasteiger partial charge in [0.05, 0.1) is 24.3 Å². The quantitative estimate of drug-likeness (QED) is 0.377. The molecule has 0 saturated carbocycles. The van der Waals surface area contributed by atoms with E-state index in [4.69, 9.17) is 24.4 Å². The fourth-order valence-electron chi connectivity index (χ4n) is 7.44. The van der Waals surface area contributed by atoms with Gasteiger partial charge in [-0.15, -0.1) is 0 Å². The van der Waals surface area contributed by atoms with Crippen molar-refractivity contribution >= 4 is 35.2 Å². The minimum atomic E-state index is -0.369. The van der Waals surface area contributed by atoms with E-state index in [1.54, 1.807) is 4.90 Å². The molecule has 232 valence electrons. The van der Waals surface area contributed by atoms with Crippen LogP contribution in [-0.4, -0.2) is 77.0 Å². The molecule has 3 aromatic rings. The second-order valence-electron chi connectivity index (χ2n) is 13.9. The summed E-state index contributed by atoms with van der Waals surface area (Å²) >= 11 is 0. The fraction of sp³-hybridized carbons (Fsp3) is 0.529. The van der Waals surface area contributed by atoms with Gasteiger partial charge >= 0.3 is 6.09 Å². The Morgan fingerprint density at radius 1 is 1.02 bits per heavy atom. The van der Waals surface area contributed by atoms with Crippen LogP contribution in [-0.2, 0) is 14.9 Å². The minimum Gasteiger partial charge on any atom is -0.447 e. The SMILES string of the molecule is Cc1cc(Nc2ncc3c(n2)N(c2cccc(N4C(=O)OC[C@@H]4C)n2)[C@H]2CC(C)(C)OC[C@@]32C)ccc1C1CCN(C)CC1. The summed E-state index contributed by atoms with van der Waals surface area (Å²) in [5.41, 5.74) is 4.11. The maximum atomic E-state index is 12.5. The molecule has 44 heavy (non-hydrogen) atoms. The Labute approximate surface area is 259 Å². The molecule has 2 aromatic heterocycles. The molecule has 4 aliphatic rings. The van der Waals surface area contributed by atoms with Gasteiger partial charge < -0.3 is 24.6 Å². The molecule has 4 aliphatic heterocycles. The van der Waals surface area contributed by atoms with Crippen LogP contribution in [0.1, 0.15) is 69.6 Å². The summed E-state index contributed by atoms with van der Waals surface area (Å²) in [4.78, 5) is 33.8. The number of aryl methyl sites for hydroxylation is 1. The zero-order chi connectivity index (χ0) is 30.8. The lowest BCUT2D eigenvalue weighted by Crippen LogP contribution is -2.54. The number of aromatic nitrogens is 3. The maximum absolute atomic E-state index is 12.5. The summed E-state index contributed by atoms with van der Waals surface area (Å²) in [5, 5.41) is 3.48. The van der Waals surface area contributed by atoms with E-state index in [0.29, 0.717) is 30.9 Å². The van der Waals surface area contributed by atoms with Crippen LogP contribution in [0.3, 0.4) is 0 Å².